The van der Waals surface area contributed by atoms with Crippen LogP contribution in [0.15, 0.2) is 47.1 Å². The minimum absolute atomic E-state index is 0.0631. The first kappa shape index (κ1) is 17.3. The number of halogens is 4. The minimum Gasteiger partial charge on any atom is -0.476 e. The molecule has 0 aliphatic rings. The molecule has 1 aromatic carbocycles. The number of hydrogen-bond donors (Lipinski definition) is 1. The number of ether oxygens (including phenoxy) is 1. The van der Waals surface area contributed by atoms with Gasteiger partial charge in [0.05, 0.1) is 17.7 Å². The number of carbonyl (C=O) groups excluding carboxylic acids is 1. The first-order valence-electron chi connectivity index (χ1n) is 6.56. The second-order valence-electron chi connectivity index (χ2n) is 4.47. The molecule has 1 amide bonds. The van der Waals surface area contributed by atoms with Crippen LogP contribution in [0.3, 0.4) is 0 Å². The number of aromatic nitrogens is 1. The Hall–Kier alpha value is -2.09. The Morgan fingerprint density at radius 2 is 1.96 bits per heavy atom. The summed E-state index contributed by atoms with van der Waals surface area (Å²) in [4.78, 5) is 15.5. The molecule has 2 rings (SSSR count). The summed E-state index contributed by atoms with van der Waals surface area (Å²) in [6, 6.07) is 8.97. The topological polar surface area (TPSA) is 51.2 Å². The number of hydrogen-bond acceptors (Lipinski definition) is 3. The first-order valence-corrected chi connectivity index (χ1v) is 7.36. The van der Waals surface area contributed by atoms with Gasteiger partial charge < -0.3 is 10.1 Å². The second-order valence-corrected chi connectivity index (χ2v) is 5.32. The fraction of sp³-hybridized carbons (Fsp3) is 0.200. The van der Waals surface area contributed by atoms with E-state index in [9.17, 15) is 18.0 Å². The van der Waals surface area contributed by atoms with Crippen LogP contribution in [0.2, 0.25) is 0 Å². The number of pyridine rings is 1. The van der Waals surface area contributed by atoms with E-state index in [1.807, 2.05) is 0 Å². The van der Waals surface area contributed by atoms with Crippen LogP contribution in [0.5, 0.6) is 5.88 Å². The average Bonchev–Trinajstić information content (AvgIpc) is 2.51. The molecule has 1 heterocycles. The van der Waals surface area contributed by atoms with Crippen molar-refractivity contribution in [3.63, 3.8) is 0 Å². The smallest absolute Gasteiger partial charge is 0.417 e. The molecule has 8 heteroatoms. The highest BCUT2D eigenvalue weighted by atomic mass is 79.9. The molecule has 0 bridgehead atoms. The van der Waals surface area contributed by atoms with Crippen LogP contribution in [-0.4, -0.2) is 24.0 Å². The van der Waals surface area contributed by atoms with E-state index in [1.54, 1.807) is 24.3 Å². The largest absolute Gasteiger partial charge is 0.476 e. The maximum Gasteiger partial charge on any atom is 0.417 e. The lowest BCUT2D eigenvalue weighted by Crippen LogP contribution is -2.28. The average molecular weight is 389 g/mol. The highest BCUT2D eigenvalue weighted by Gasteiger charge is 2.30. The third-order valence-electron chi connectivity index (χ3n) is 2.82. The van der Waals surface area contributed by atoms with Gasteiger partial charge in [-0.1, -0.05) is 12.1 Å². The Labute approximate surface area is 138 Å². The van der Waals surface area contributed by atoms with Gasteiger partial charge in [0.1, 0.15) is 6.61 Å². The summed E-state index contributed by atoms with van der Waals surface area (Å²) in [7, 11) is 0. The van der Waals surface area contributed by atoms with Gasteiger partial charge in [0.25, 0.3) is 5.91 Å². The predicted octanol–water partition coefficient (Wildman–Crippen LogP) is 3.67. The maximum atomic E-state index is 12.4. The zero-order chi connectivity index (χ0) is 16.9. The predicted molar refractivity (Wildman–Crippen MR) is 81.2 cm³/mol. The second kappa shape index (κ2) is 7.45. The van der Waals surface area contributed by atoms with Gasteiger partial charge in [0.15, 0.2) is 0 Å². The van der Waals surface area contributed by atoms with Gasteiger partial charge in [-0.2, -0.15) is 13.2 Å². The molecule has 1 aromatic heterocycles. The molecular formula is C15H12BrF3N2O2. The van der Waals surface area contributed by atoms with Gasteiger partial charge in [-0.3, -0.25) is 4.79 Å². The van der Waals surface area contributed by atoms with Gasteiger partial charge in [-0.05, 0) is 34.1 Å². The number of nitrogens with zero attached hydrogens (tertiary/aromatic N) is 1. The third kappa shape index (κ3) is 4.95. The quantitative estimate of drug-likeness (QED) is 0.795. The molecule has 0 saturated heterocycles. The van der Waals surface area contributed by atoms with Crippen LogP contribution >= 0.6 is 15.9 Å². The molecular weight excluding hydrogens is 377 g/mol. The first-order chi connectivity index (χ1) is 10.9. The Morgan fingerprint density at radius 1 is 1.22 bits per heavy atom. The van der Waals surface area contributed by atoms with Gasteiger partial charge in [0, 0.05) is 16.7 Å². The van der Waals surface area contributed by atoms with Crippen molar-refractivity contribution in [2.24, 2.45) is 0 Å². The molecule has 122 valence electrons. The van der Waals surface area contributed by atoms with Gasteiger partial charge in [-0.25, -0.2) is 4.98 Å². The van der Waals surface area contributed by atoms with Crippen LogP contribution < -0.4 is 10.1 Å². The summed E-state index contributed by atoms with van der Waals surface area (Å²) in [5.74, 6) is -0.213. The summed E-state index contributed by atoms with van der Waals surface area (Å²) in [5.41, 5.74) is -0.354. The fourth-order valence-electron chi connectivity index (χ4n) is 1.69. The molecule has 0 saturated carbocycles. The summed E-state index contributed by atoms with van der Waals surface area (Å²) in [6.45, 7) is 0.289. The molecule has 0 aliphatic carbocycles. The summed E-state index contributed by atoms with van der Waals surface area (Å²) >= 11 is 3.27. The highest BCUT2D eigenvalue weighted by molar-refractivity contribution is 9.10. The van der Waals surface area contributed by atoms with E-state index >= 15 is 0 Å². The fourth-order valence-corrected chi connectivity index (χ4v) is 2.16. The number of alkyl halides is 3. The molecule has 0 fully saturated rings. The number of rotatable bonds is 5. The Kier molecular flexibility index (Phi) is 5.59. The monoisotopic (exact) mass is 388 g/mol. The summed E-state index contributed by atoms with van der Waals surface area (Å²) in [5, 5.41) is 2.64. The molecule has 0 unspecified atom stereocenters. The molecule has 0 radical (unpaired) electrons. The van der Waals surface area contributed by atoms with E-state index in [2.05, 4.69) is 26.2 Å². The van der Waals surface area contributed by atoms with Crippen molar-refractivity contribution >= 4 is 21.8 Å². The van der Waals surface area contributed by atoms with Crippen molar-refractivity contribution in [3.05, 3.63) is 58.2 Å². The number of amides is 1. The van der Waals surface area contributed by atoms with Crippen molar-refractivity contribution in [3.8, 4) is 5.88 Å². The van der Waals surface area contributed by atoms with E-state index in [-0.39, 0.29) is 24.9 Å². The van der Waals surface area contributed by atoms with Gasteiger partial charge in [-0.15, -0.1) is 0 Å². The Morgan fingerprint density at radius 3 is 2.57 bits per heavy atom. The van der Waals surface area contributed by atoms with E-state index < -0.39 is 11.7 Å². The minimum atomic E-state index is -4.43. The summed E-state index contributed by atoms with van der Waals surface area (Å²) in [6.07, 6.45) is -3.72. The number of nitrogens with one attached hydrogen (secondary N) is 1. The summed E-state index contributed by atoms with van der Waals surface area (Å²) < 4.78 is 43.0. The Balaban J connectivity index is 1.79. The van der Waals surface area contributed by atoms with Crippen molar-refractivity contribution in [2.75, 3.05) is 13.2 Å². The van der Waals surface area contributed by atoms with Crippen molar-refractivity contribution in [2.45, 2.75) is 6.18 Å². The van der Waals surface area contributed by atoms with E-state index in [0.717, 1.165) is 12.1 Å². The maximum absolute atomic E-state index is 12.4. The molecule has 1 N–H and O–H groups in total. The zero-order valence-corrected chi connectivity index (χ0v) is 13.3. The van der Waals surface area contributed by atoms with E-state index in [1.165, 1.54) is 0 Å². The lowest BCUT2D eigenvalue weighted by Gasteiger charge is -2.09. The normalized spacial score (nSPS) is 11.1. The molecule has 2 aromatic rings. The number of benzene rings is 1. The SMILES string of the molecule is O=C(NCCOc1ccc(C(F)(F)F)cn1)c1ccccc1Br. The van der Waals surface area contributed by atoms with Gasteiger partial charge >= 0.3 is 6.18 Å². The van der Waals surface area contributed by atoms with Crippen molar-refractivity contribution in [1.82, 2.24) is 10.3 Å². The molecule has 0 spiro atoms. The standard InChI is InChI=1S/C15H12BrF3N2O2/c16-12-4-2-1-3-11(12)14(22)20-7-8-23-13-6-5-10(9-21-13)15(17,18)19/h1-6,9H,7-8H2,(H,20,22). The molecule has 0 atom stereocenters. The lowest BCUT2D eigenvalue weighted by molar-refractivity contribution is -0.137. The van der Waals surface area contributed by atoms with Crippen molar-refractivity contribution < 1.29 is 22.7 Å². The van der Waals surface area contributed by atoms with Crippen LogP contribution in [0.25, 0.3) is 0 Å². The van der Waals surface area contributed by atoms with Gasteiger partial charge in [0.2, 0.25) is 5.88 Å². The van der Waals surface area contributed by atoms with Crippen molar-refractivity contribution in [1.29, 1.82) is 0 Å². The van der Waals surface area contributed by atoms with Crippen LogP contribution in [0, 0.1) is 0 Å². The molecule has 23 heavy (non-hydrogen) atoms. The molecule has 4 nitrogen and oxygen atoms in total. The Bertz CT molecular complexity index is 675. The van der Waals surface area contributed by atoms with Crippen LogP contribution in [0.1, 0.15) is 15.9 Å². The van der Waals surface area contributed by atoms with E-state index in [4.69, 9.17) is 4.74 Å². The molecule has 0 aliphatic heterocycles. The lowest BCUT2D eigenvalue weighted by atomic mass is 10.2. The van der Waals surface area contributed by atoms with E-state index in [0.29, 0.717) is 16.2 Å². The third-order valence-corrected chi connectivity index (χ3v) is 3.51. The highest BCUT2D eigenvalue weighted by Crippen LogP contribution is 2.29. The number of carbonyl (C=O) groups is 1. The zero-order valence-electron chi connectivity index (χ0n) is 11.7. The van der Waals surface area contributed by atoms with Crippen LogP contribution in [0.4, 0.5) is 13.2 Å². The van der Waals surface area contributed by atoms with Crippen LogP contribution in [-0.2, 0) is 6.18 Å².